The van der Waals surface area contributed by atoms with Crippen LogP contribution in [-0.2, 0) is 19.0 Å². The third kappa shape index (κ3) is 3.90. The van der Waals surface area contributed by atoms with E-state index in [-0.39, 0.29) is 17.8 Å². The lowest BCUT2D eigenvalue weighted by Gasteiger charge is -2.17. The van der Waals surface area contributed by atoms with Crippen LogP contribution in [0.25, 0.3) is 0 Å². The van der Waals surface area contributed by atoms with Gasteiger partial charge in [0.15, 0.2) is 0 Å². The van der Waals surface area contributed by atoms with Crippen molar-refractivity contribution in [2.45, 2.75) is 31.2 Å². The second-order valence-electron chi connectivity index (χ2n) is 5.45. The maximum absolute atomic E-state index is 12.0. The summed E-state index contributed by atoms with van der Waals surface area (Å²) in [5.41, 5.74) is 0. The fraction of sp³-hybridized carbons (Fsp3) is 0.786. The van der Waals surface area contributed by atoms with E-state index in [4.69, 9.17) is 14.2 Å². The van der Waals surface area contributed by atoms with Gasteiger partial charge >= 0.3 is 5.97 Å². The first kappa shape index (κ1) is 14.7. The van der Waals surface area contributed by atoms with E-state index in [1.807, 2.05) is 0 Å². The van der Waals surface area contributed by atoms with E-state index in [2.05, 4.69) is 12.2 Å². The van der Waals surface area contributed by atoms with Crippen molar-refractivity contribution in [2.24, 2.45) is 17.8 Å². The second-order valence-corrected chi connectivity index (χ2v) is 7.40. The van der Waals surface area contributed by atoms with Crippen molar-refractivity contribution in [2.75, 3.05) is 20.8 Å². The van der Waals surface area contributed by atoms with E-state index in [0.29, 0.717) is 18.4 Å². The fourth-order valence-electron chi connectivity index (χ4n) is 3.08. The highest BCUT2D eigenvalue weighted by Crippen LogP contribution is 2.43. The molecule has 2 rings (SSSR count). The molecule has 108 valence electrons. The minimum atomic E-state index is -0.392. The van der Waals surface area contributed by atoms with Crippen LogP contribution in [0.1, 0.15) is 19.3 Å². The topological polar surface area (TPSA) is 44.8 Å². The van der Waals surface area contributed by atoms with Crippen LogP contribution in [0.5, 0.6) is 0 Å². The summed E-state index contributed by atoms with van der Waals surface area (Å²) >= 11 is 0. The molecule has 0 heterocycles. The maximum Gasteiger partial charge on any atom is 0.309 e. The standard InChI is InChI=1S/C14H24O4Si/c1-16-14(17-2)19-7-3-6-18-13(15)12-9-10-4-5-11(12)8-10/h4-5,10-12,14H,3,6-9,19H2,1-2H3. The Balaban J connectivity index is 1.56. The molecule has 0 aromatic rings. The van der Waals surface area contributed by atoms with Crippen LogP contribution in [0.4, 0.5) is 0 Å². The number of carbonyl (C=O) groups excluding carboxylic acids is 1. The zero-order valence-corrected chi connectivity index (χ0v) is 13.3. The number of methoxy groups -OCH3 is 2. The van der Waals surface area contributed by atoms with Gasteiger partial charge in [0.05, 0.1) is 22.0 Å². The highest BCUT2D eigenvalue weighted by atomic mass is 28.2. The summed E-state index contributed by atoms with van der Waals surface area (Å²) in [6, 6.07) is 1.08. The van der Waals surface area contributed by atoms with E-state index in [1.165, 1.54) is 0 Å². The highest BCUT2D eigenvalue weighted by molar-refractivity contribution is 6.36. The summed E-state index contributed by atoms with van der Waals surface area (Å²) in [5.74, 6) is 1.19. The SMILES string of the molecule is COC(OC)[SiH2]CCCOC(=O)C1CC2C=CC1C2. The minimum absolute atomic E-state index is 0.00792. The Morgan fingerprint density at radius 2 is 2.11 bits per heavy atom. The Bertz CT molecular complexity index is 327. The molecule has 0 aromatic carbocycles. The van der Waals surface area contributed by atoms with Crippen molar-refractivity contribution < 1.29 is 19.0 Å². The third-order valence-corrected chi connectivity index (χ3v) is 6.23. The zero-order chi connectivity index (χ0) is 13.7. The number of hydrogen-bond donors (Lipinski definition) is 0. The zero-order valence-electron chi connectivity index (χ0n) is 11.8. The van der Waals surface area contributed by atoms with E-state index in [9.17, 15) is 4.79 Å². The summed E-state index contributed by atoms with van der Waals surface area (Å²) in [6.07, 6.45) is 7.50. The molecule has 5 heteroatoms. The van der Waals surface area contributed by atoms with E-state index in [0.717, 1.165) is 25.3 Å². The van der Waals surface area contributed by atoms with Gasteiger partial charge in [-0.3, -0.25) is 4.79 Å². The van der Waals surface area contributed by atoms with Crippen LogP contribution >= 0.6 is 0 Å². The number of carbonyl (C=O) groups is 1. The van der Waals surface area contributed by atoms with Crippen LogP contribution in [0, 0.1) is 17.8 Å². The lowest BCUT2D eigenvalue weighted by molar-refractivity contribution is -0.149. The van der Waals surface area contributed by atoms with Crippen LogP contribution in [-0.4, -0.2) is 42.2 Å². The molecule has 0 saturated heterocycles. The van der Waals surface area contributed by atoms with Crippen LogP contribution < -0.4 is 0 Å². The quantitative estimate of drug-likeness (QED) is 0.221. The van der Waals surface area contributed by atoms with Crippen molar-refractivity contribution in [3.05, 3.63) is 12.2 Å². The monoisotopic (exact) mass is 284 g/mol. The van der Waals surface area contributed by atoms with Crippen LogP contribution in [0.3, 0.4) is 0 Å². The van der Waals surface area contributed by atoms with Crippen molar-refractivity contribution >= 4 is 15.5 Å². The maximum atomic E-state index is 12.0. The van der Waals surface area contributed by atoms with Gasteiger partial charge in [-0.05, 0) is 31.1 Å². The van der Waals surface area contributed by atoms with Gasteiger partial charge in [-0.25, -0.2) is 0 Å². The lowest BCUT2D eigenvalue weighted by atomic mass is 9.94. The van der Waals surface area contributed by atoms with Gasteiger partial charge in [-0.15, -0.1) is 0 Å². The molecule has 0 aromatic heterocycles. The Morgan fingerprint density at radius 1 is 1.32 bits per heavy atom. The molecule has 1 saturated carbocycles. The molecule has 2 aliphatic rings. The average Bonchev–Trinajstić information content (AvgIpc) is 3.05. The lowest BCUT2D eigenvalue weighted by Crippen LogP contribution is -2.23. The first-order valence-corrected chi connectivity index (χ1v) is 8.96. The Morgan fingerprint density at radius 3 is 2.68 bits per heavy atom. The first-order chi connectivity index (χ1) is 9.24. The number of ether oxygens (including phenoxy) is 3. The highest BCUT2D eigenvalue weighted by Gasteiger charge is 2.40. The Labute approximate surface area is 117 Å². The Hall–Kier alpha value is -0.653. The number of rotatable bonds is 8. The van der Waals surface area contributed by atoms with Crippen LogP contribution in [0.2, 0.25) is 6.04 Å². The fourth-order valence-corrected chi connectivity index (χ4v) is 4.37. The molecule has 3 unspecified atom stereocenters. The van der Waals surface area contributed by atoms with Gasteiger partial charge in [0.25, 0.3) is 0 Å². The van der Waals surface area contributed by atoms with Crippen molar-refractivity contribution in [1.29, 1.82) is 0 Å². The van der Waals surface area contributed by atoms with Gasteiger partial charge in [-0.1, -0.05) is 18.2 Å². The summed E-state index contributed by atoms with van der Waals surface area (Å²) < 4.78 is 15.7. The second kappa shape index (κ2) is 7.22. The summed E-state index contributed by atoms with van der Waals surface area (Å²) in [7, 11) is 2.95. The minimum Gasteiger partial charge on any atom is -0.465 e. The Kier molecular flexibility index (Phi) is 5.60. The van der Waals surface area contributed by atoms with Gasteiger partial charge in [0.2, 0.25) is 0 Å². The number of fused-ring (bicyclic) bond motifs is 2. The molecule has 0 spiro atoms. The molecule has 0 aliphatic heterocycles. The molecule has 0 N–H and O–H groups in total. The molecule has 1 fully saturated rings. The van der Waals surface area contributed by atoms with Crippen molar-refractivity contribution in [3.63, 3.8) is 0 Å². The molecule has 0 radical (unpaired) electrons. The van der Waals surface area contributed by atoms with E-state index in [1.54, 1.807) is 14.2 Å². The number of hydrogen-bond acceptors (Lipinski definition) is 4. The average molecular weight is 284 g/mol. The molecular formula is C14H24O4Si. The smallest absolute Gasteiger partial charge is 0.309 e. The van der Waals surface area contributed by atoms with Crippen molar-refractivity contribution in [1.82, 2.24) is 0 Å². The van der Waals surface area contributed by atoms with Gasteiger partial charge in [0.1, 0.15) is 5.91 Å². The largest absolute Gasteiger partial charge is 0.465 e. The molecule has 2 aliphatic carbocycles. The third-order valence-electron chi connectivity index (χ3n) is 4.19. The molecular weight excluding hydrogens is 260 g/mol. The number of esters is 1. The summed E-state index contributed by atoms with van der Waals surface area (Å²) in [6.45, 7) is 0.545. The van der Waals surface area contributed by atoms with Gasteiger partial charge in [-0.2, -0.15) is 0 Å². The number of allylic oxidation sites excluding steroid dienone is 2. The predicted molar refractivity (Wildman–Crippen MR) is 75.6 cm³/mol. The van der Waals surface area contributed by atoms with Gasteiger partial charge in [0, 0.05) is 14.2 Å². The van der Waals surface area contributed by atoms with Crippen LogP contribution in [0.15, 0.2) is 12.2 Å². The van der Waals surface area contributed by atoms with Gasteiger partial charge < -0.3 is 14.2 Å². The first-order valence-electron chi connectivity index (χ1n) is 7.15. The molecule has 3 atom stereocenters. The summed E-state index contributed by atoms with van der Waals surface area (Å²) in [5, 5.41) is 0. The van der Waals surface area contributed by atoms with E-state index >= 15 is 0 Å². The van der Waals surface area contributed by atoms with Crippen molar-refractivity contribution in [3.8, 4) is 0 Å². The van der Waals surface area contributed by atoms with E-state index < -0.39 is 9.52 Å². The molecule has 2 bridgehead atoms. The molecule has 0 amide bonds. The predicted octanol–water partition coefficient (Wildman–Crippen LogP) is 1.30. The summed E-state index contributed by atoms with van der Waals surface area (Å²) in [4.78, 5) is 12.0. The molecule has 19 heavy (non-hydrogen) atoms. The molecule has 4 nitrogen and oxygen atoms in total. The normalized spacial score (nSPS) is 28.9.